The highest BCUT2D eigenvalue weighted by Gasteiger charge is 2.07. The molecule has 0 radical (unpaired) electrons. The van der Waals surface area contributed by atoms with Crippen molar-refractivity contribution in [2.45, 2.75) is 32.6 Å². The summed E-state index contributed by atoms with van der Waals surface area (Å²) in [6.45, 7) is 2.77. The monoisotopic (exact) mass is 256 g/mol. The highest BCUT2D eigenvalue weighted by atomic mass is 35.5. The number of ether oxygens (including phenoxy) is 1. The second-order valence-electron chi connectivity index (χ2n) is 3.86. The Balaban J connectivity index is 2.46. The molecule has 3 nitrogen and oxygen atoms in total. The summed E-state index contributed by atoms with van der Waals surface area (Å²) in [5.74, 6) is -0.436. The van der Waals surface area contributed by atoms with Crippen molar-refractivity contribution >= 4 is 17.6 Å². The lowest BCUT2D eigenvalue weighted by molar-refractivity contribution is 0.0697. The lowest BCUT2D eigenvalue weighted by atomic mass is 10.2. The smallest absolute Gasteiger partial charge is 0.335 e. The molecule has 0 bridgehead atoms. The molecule has 1 aromatic carbocycles. The fourth-order valence-electron chi connectivity index (χ4n) is 1.46. The summed E-state index contributed by atoms with van der Waals surface area (Å²) in [6, 6.07) is 4.51. The Morgan fingerprint density at radius 2 is 2.12 bits per heavy atom. The fraction of sp³-hybridized carbons (Fsp3) is 0.462. The number of hydrogen-bond donors (Lipinski definition) is 1. The van der Waals surface area contributed by atoms with Gasteiger partial charge in [0, 0.05) is 0 Å². The molecule has 1 N–H and O–H groups in total. The van der Waals surface area contributed by atoms with E-state index < -0.39 is 5.97 Å². The first-order valence-corrected chi connectivity index (χ1v) is 6.18. The Kier molecular flexibility index (Phi) is 5.84. The number of unbranched alkanes of at least 4 members (excludes halogenated alkanes) is 3. The third-order valence-electron chi connectivity index (χ3n) is 2.43. The fourth-order valence-corrected chi connectivity index (χ4v) is 1.70. The predicted molar refractivity (Wildman–Crippen MR) is 68.0 cm³/mol. The van der Waals surface area contributed by atoms with Crippen molar-refractivity contribution in [1.29, 1.82) is 0 Å². The maximum atomic E-state index is 10.7. The summed E-state index contributed by atoms with van der Waals surface area (Å²) in [5, 5.41) is 9.12. The van der Waals surface area contributed by atoms with Crippen LogP contribution in [0, 0.1) is 0 Å². The van der Waals surface area contributed by atoms with Gasteiger partial charge in [-0.1, -0.05) is 37.8 Å². The van der Waals surface area contributed by atoms with Crippen LogP contribution < -0.4 is 4.74 Å². The van der Waals surface area contributed by atoms with E-state index in [-0.39, 0.29) is 5.56 Å². The van der Waals surface area contributed by atoms with Crippen molar-refractivity contribution in [1.82, 2.24) is 0 Å². The van der Waals surface area contributed by atoms with Crippen molar-refractivity contribution in [2.24, 2.45) is 0 Å². The van der Waals surface area contributed by atoms with Gasteiger partial charge in [0.15, 0.2) is 0 Å². The van der Waals surface area contributed by atoms with Crippen LogP contribution in [0.2, 0.25) is 5.02 Å². The highest BCUT2D eigenvalue weighted by molar-refractivity contribution is 6.32. The van der Waals surface area contributed by atoms with Crippen LogP contribution in [0.4, 0.5) is 0 Å². The molecule has 0 unspecified atom stereocenters. The van der Waals surface area contributed by atoms with Crippen LogP contribution in [0.1, 0.15) is 43.0 Å². The number of carboxylic acids is 1. The zero-order valence-corrected chi connectivity index (χ0v) is 10.7. The van der Waals surface area contributed by atoms with Crippen LogP contribution >= 0.6 is 11.6 Å². The second kappa shape index (κ2) is 7.17. The van der Waals surface area contributed by atoms with Gasteiger partial charge in [-0.2, -0.15) is 0 Å². The van der Waals surface area contributed by atoms with Crippen molar-refractivity contribution < 1.29 is 14.6 Å². The van der Waals surface area contributed by atoms with E-state index in [0.29, 0.717) is 17.4 Å². The lowest BCUT2D eigenvalue weighted by Gasteiger charge is -2.08. The Labute approximate surface area is 106 Å². The molecule has 94 valence electrons. The van der Waals surface area contributed by atoms with Crippen LogP contribution in [0.5, 0.6) is 5.75 Å². The normalized spacial score (nSPS) is 10.2. The summed E-state index contributed by atoms with van der Waals surface area (Å²) in [7, 11) is 0. The zero-order chi connectivity index (χ0) is 12.7. The average molecular weight is 257 g/mol. The summed E-state index contributed by atoms with van der Waals surface area (Å²) >= 11 is 5.93. The SMILES string of the molecule is CCCCCCOc1ccc(C(=O)O)cc1Cl. The number of carboxylic acid groups (broad SMARTS) is 1. The van der Waals surface area contributed by atoms with E-state index in [9.17, 15) is 4.79 Å². The van der Waals surface area contributed by atoms with E-state index in [0.717, 1.165) is 12.8 Å². The molecule has 0 spiro atoms. The number of rotatable bonds is 7. The topological polar surface area (TPSA) is 46.5 Å². The minimum absolute atomic E-state index is 0.174. The number of aromatic carboxylic acids is 1. The molecule has 0 saturated carbocycles. The first kappa shape index (κ1) is 13.8. The van der Waals surface area contributed by atoms with E-state index >= 15 is 0 Å². The zero-order valence-electron chi connectivity index (χ0n) is 9.91. The highest BCUT2D eigenvalue weighted by Crippen LogP contribution is 2.25. The molecule has 0 aliphatic carbocycles. The maximum absolute atomic E-state index is 10.7. The molecule has 0 aliphatic rings. The van der Waals surface area contributed by atoms with Gasteiger partial charge in [-0.15, -0.1) is 0 Å². The molecule has 0 atom stereocenters. The Morgan fingerprint density at radius 1 is 1.35 bits per heavy atom. The van der Waals surface area contributed by atoms with Gasteiger partial charge >= 0.3 is 5.97 Å². The van der Waals surface area contributed by atoms with Gasteiger partial charge in [0.2, 0.25) is 0 Å². The van der Waals surface area contributed by atoms with Gasteiger partial charge in [-0.25, -0.2) is 4.79 Å². The molecule has 0 amide bonds. The Bertz CT molecular complexity index is 377. The van der Waals surface area contributed by atoms with E-state index in [2.05, 4.69) is 6.92 Å². The summed E-state index contributed by atoms with van der Waals surface area (Å²) in [4.78, 5) is 10.7. The molecule has 17 heavy (non-hydrogen) atoms. The molecular formula is C13H17ClO3. The molecule has 0 heterocycles. The van der Waals surface area contributed by atoms with Crippen molar-refractivity contribution in [2.75, 3.05) is 6.61 Å². The van der Waals surface area contributed by atoms with Gasteiger partial charge in [0.05, 0.1) is 17.2 Å². The Morgan fingerprint density at radius 3 is 2.71 bits per heavy atom. The minimum Gasteiger partial charge on any atom is -0.492 e. The second-order valence-corrected chi connectivity index (χ2v) is 4.27. The van der Waals surface area contributed by atoms with Gasteiger partial charge in [-0.3, -0.25) is 0 Å². The summed E-state index contributed by atoms with van der Waals surface area (Å²) < 4.78 is 5.49. The minimum atomic E-state index is -0.985. The average Bonchev–Trinajstić information content (AvgIpc) is 2.30. The van der Waals surface area contributed by atoms with Crippen molar-refractivity contribution in [3.63, 3.8) is 0 Å². The van der Waals surface area contributed by atoms with Crippen molar-refractivity contribution in [3.05, 3.63) is 28.8 Å². The van der Waals surface area contributed by atoms with E-state index in [1.54, 1.807) is 6.07 Å². The van der Waals surface area contributed by atoms with Crippen LogP contribution in [-0.4, -0.2) is 17.7 Å². The van der Waals surface area contributed by atoms with E-state index in [4.69, 9.17) is 21.4 Å². The number of carbonyl (C=O) groups is 1. The van der Waals surface area contributed by atoms with E-state index in [1.165, 1.54) is 25.0 Å². The largest absolute Gasteiger partial charge is 0.492 e. The van der Waals surface area contributed by atoms with Crippen LogP contribution in [0.3, 0.4) is 0 Å². The summed E-state index contributed by atoms with van der Waals surface area (Å²) in [6.07, 6.45) is 4.52. The first-order chi connectivity index (χ1) is 8.15. The Hall–Kier alpha value is -1.22. The third-order valence-corrected chi connectivity index (χ3v) is 2.73. The van der Waals surface area contributed by atoms with Crippen LogP contribution in [0.25, 0.3) is 0 Å². The molecule has 1 rings (SSSR count). The van der Waals surface area contributed by atoms with Gasteiger partial charge < -0.3 is 9.84 Å². The standard InChI is InChI=1S/C13H17ClO3/c1-2-3-4-5-8-17-12-7-6-10(13(15)16)9-11(12)14/h6-7,9H,2-5,8H2,1H3,(H,15,16). The van der Waals surface area contributed by atoms with Crippen LogP contribution in [0.15, 0.2) is 18.2 Å². The molecule has 0 aromatic heterocycles. The van der Waals surface area contributed by atoms with Gasteiger partial charge in [0.25, 0.3) is 0 Å². The lowest BCUT2D eigenvalue weighted by Crippen LogP contribution is -2.00. The maximum Gasteiger partial charge on any atom is 0.335 e. The molecule has 0 fully saturated rings. The van der Waals surface area contributed by atoms with Crippen molar-refractivity contribution in [3.8, 4) is 5.75 Å². The first-order valence-electron chi connectivity index (χ1n) is 5.80. The predicted octanol–water partition coefficient (Wildman–Crippen LogP) is 4.00. The summed E-state index contributed by atoms with van der Waals surface area (Å²) in [5.41, 5.74) is 0.174. The molecule has 4 heteroatoms. The number of halogens is 1. The number of benzene rings is 1. The van der Waals surface area contributed by atoms with Gasteiger partial charge in [0.1, 0.15) is 5.75 Å². The molecule has 1 aromatic rings. The van der Waals surface area contributed by atoms with Crippen LogP contribution in [-0.2, 0) is 0 Å². The number of hydrogen-bond acceptors (Lipinski definition) is 2. The third kappa shape index (κ3) is 4.65. The molecule has 0 aliphatic heterocycles. The van der Waals surface area contributed by atoms with E-state index in [1.807, 2.05) is 0 Å². The molecular weight excluding hydrogens is 240 g/mol. The quantitative estimate of drug-likeness (QED) is 0.750. The molecule has 0 saturated heterocycles. The van der Waals surface area contributed by atoms with Gasteiger partial charge in [-0.05, 0) is 24.6 Å².